The van der Waals surface area contributed by atoms with Crippen LogP contribution in [0.1, 0.15) is 17.0 Å². The van der Waals surface area contributed by atoms with E-state index in [2.05, 4.69) is 5.32 Å². The summed E-state index contributed by atoms with van der Waals surface area (Å²) < 4.78 is 0. The van der Waals surface area contributed by atoms with Gasteiger partial charge >= 0.3 is 0 Å². The molecular formula is C18H15Cl2N3O3. The number of likely N-dealkylation sites (N-methyl/N-ethyl adjacent to an activating group) is 1. The fourth-order valence-corrected chi connectivity index (χ4v) is 4.91. The molecule has 4 rings (SSSR count). The number of halogens is 2. The predicted octanol–water partition coefficient (Wildman–Crippen LogP) is 3.52. The summed E-state index contributed by atoms with van der Waals surface area (Å²) in [5.74, 6) is -0.924. The van der Waals surface area contributed by atoms with Gasteiger partial charge in [-0.15, -0.1) is 0 Å². The number of nitrogens with one attached hydrogen (secondary N) is 1. The number of hydrogen-bond donors (Lipinski definition) is 1. The number of anilines is 1. The van der Waals surface area contributed by atoms with Gasteiger partial charge in [-0.25, -0.2) is 0 Å². The van der Waals surface area contributed by atoms with E-state index in [1.54, 1.807) is 54.4 Å². The highest BCUT2D eigenvalue weighted by Crippen LogP contribution is 2.52. The zero-order valence-corrected chi connectivity index (χ0v) is 15.3. The van der Waals surface area contributed by atoms with E-state index in [1.165, 1.54) is 0 Å². The molecule has 0 bridgehead atoms. The molecule has 2 aliphatic heterocycles. The van der Waals surface area contributed by atoms with Gasteiger partial charge < -0.3 is 5.32 Å². The first-order valence-electron chi connectivity index (χ1n) is 8.08. The van der Waals surface area contributed by atoms with E-state index in [1.807, 2.05) is 0 Å². The Labute approximate surface area is 159 Å². The molecule has 0 aliphatic carbocycles. The molecule has 0 saturated carbocycles. The van der Waals surface area contributed by atoms with Gasteiger partial charge in [0.05, 0.1) is 5.92 Å². The molecule has 0 unspecified atom stereocenters. The van der Waals surface area contributed by atoms with Crippen molar-refractivity contribution in [2.24, 2.45) is 0 Å². The van der Waals surface area contributed by atoms with Crippen LogP contribution in [0, 0.1) is 10.1 Å². The Hall–Kier alpha value is -2.15. The zero-order chi connectivity index (χ0) is 18.6. The normalized spacial score (nSPS) is 27.6. The van der Waals surface area contributed by atoms with Crippen LogP contribution in [0.3, 0.4) is 0 Å². The number of carbonyl (C=O) groups is 1. The Kier molecular flexibility index (Phi) is 3.95. The molecule has 8 heteroatoms. The first-order valence-corrected chi connectivity index (χ1v) is 8.83. The van der Waals surface area contributed by atoms with E-state index in [0.717, 1.165) is 0 Å². The molecule has 0 aromatic heterocycles. The van der Waals surface area contributed by atoms with E-state index in [0.29, 0.717) is 33.4 Å². The number of nitrogens with zero attached hydrogens (tertiary/aromatic N) is 2. The van der Waals surface area contributed by atoms with Gasteiger partial charge in [-0.1, -0.05) is 47.5 Å². The summed E-state index contributed by atoms with van der Waals surface area (Å²) in [4.78, 5) is 26.5. The van der Waals surface area contributed by atoms with Crippen molar-refractivity contribution in [2.45, 2.75) is 17.5 Å². The van der Waals surface area contributed by atoms with Gasteiger partial charge in [0.2, 0.25) is 0 Å². The van der Waals surface area contributed by atoms with E-state index in [4.69, 9.17) is 23.2 Å². The van der Waals surface area contributed by atoms with Crippen LogP contribution in [0.2, 0.25) is 10.0 Å². The van der Waals surface area contributed by atoms with Gasteiger partial charge in [0.25, 0.3) is 11.9 Å². The molecule has 3 atom stereocenters. The minimum atomic E-state index is -1.37. The lowest BCUT2D eigenvalue weighted by atomic mass is 9.79. The Morgan fingerprint density at radius 2 is 2.00 bits per heavy atom. The van der Waals surface area contributed by atoms with Crippen LogP contribution in [-0.4, -0.2) is 35.4 Å². The second-order valence-corrected chi connectivity index (χ2v) is 7.49. The topological polar surface area (TPSA) is 75.5 Å². The Bertz CT molecular complexity index is 936. The molecule has 2 heterocycles. The van der Waals surface area contributed by atoms with Gasteiger partial charge in [-0.05, 0) is 30.8 Å². The molecular weight excluding hydrogens is 377 g/mol. The maximum atomic E-state index is 13.0. The van der Waals surface area contributed by atoms with E-state index < -0.39 is 17.5 Å². The van der Waals surface area contributed by atoms with Crippen molar-refractivity contribution in [1.82, 2.24) is 4.90 Å². The summed E-state index contributed by atoms with van der Waals surface area (Å²) in [7, 11) is 1.74. The van der Waals surface area contributed by atoms with Gasteiger partial charge in [0, 0.05) is 32.8 Å². The molecule has 1 spiro atoms. The van der Waals surface area contributed by atoms with Crippen LogP contribution in [0.5, 0.6) is 0 Å². The first-order chi connectivity index (χ1) is 12.4. The van der Waals surface area contributed by atoms with Gasteiger partial charge in [-0.2, -0.15) is 0 Å². The zero-order valence-electron chi connectivity index (χ0n) is 13.8. The Balaban J connectivity index is 1.92. The molecule has 1 N–H and O–H groups in total. The van der Waals surface area contributed by atoms with Crippen LogP contribution < -0.4 is 5.32 Å². The Morgan fingerprint density at radius 3 is 2.69 bits per heavy atom. The first kappa shape index (κ1) is 17.3. The fraction of sp³-hybridized carbons (Fsp3) is 0.278. The number of likely N-dealkylation sites (tertiary alicyclic amines) is 1. The van der Waals surface area contributed by atoms with Crippen LogP contribution in [0.15, 0.2) is 42.5 Å². The summed E-state index contributed by atoms with van der Waals surface area (Å²) in [6.07, 6.45) is 0. The number of benzene rings is 2. The standard InChI is InChI=1S/C18H15Cl2N3O3/c1-22-9-12(11-7-6-10(19)8-14(11)20)16(23(25)26)18(22)13-4-2-3-5-15(13)21-17(18)24/h2-8,12,16H,9H2,1H3,(H,21,24)/t12-,16+,18+/m1/s1. The number of para-hydroxylation sites is 1. The fourth-order valence-electron chi connectivity index (χ4n) is 4.36. The van der Waals surface area contributed by atoms with Crippen molar-refractivity contribution in [1.29, 1.82) is 0 Å². The summed E-state index contributed by atoms with van der Waals surface area (Å²) in [5.41, 5.74) is 0.493. The average molecular weight is 392 g/mol. The quantitative estimate of drug-likeness (QED) is 0.627. The molecule has 1 saturated heterocycles. The maximum absolute atomic E-state index is 13.0. The summed E-state index contributed by atoms with van der Waals surface area (Å²) in [5, 5.41) is 15.8. The van der Waals surface area contributed by atoms with E-state index >= 15 is 0 Å². The molecule has 1 fully saturated rings. The summed E-state index contributed by atoms with van der Waals surface area (Å²) in [6.45, 7) is 0.328. The largest absolute Gasteiger partial charge is 0.324 e. The van der Waals surface area contributed by atoms with E-state index in [-0.39, 0.29) is 10.8 Å². The number of hydrogen-bond acceptors (Lipinski definition) is 4. The van der Waals surface area contributed by atoms with Crippen molar-refractivity contribution < 1.29 is 9.72 Å². The van der Waals surface area contributed by atoms with Crippen LogP contribution in [-0.2, 0) is 10.3 Å². The van der Waals surface area contributed by atoms with Gasteiger partial charge in [-0.3, -0.25) is 19.8 Å². The minimum Gasteiger partial charge on any atom is -0.324 e. The molecule has 26 heavy (non-hydrogen) atoms. The molecule has 6 nitrogen and oxygen atoms in total. The smallest absolute Gasteiger partial charge is 0.256 e. The lowest BCUT2D eigenvalue weighted by Crippen LogP contribution is -2.54. The predicted molar refractivity (Wildman–Crippen MR) is 99.4 cm³/mol. The molecule has 134 valence electrons. The Morgan fingerprint density at radius 1 is 1.27 bits per heavy atom. The van der Waals surface area contributed by atoms with Gasteiger partial charge in [0.1, 0.15) is 0 Å². The van der Waals surface area contributed by atoms with E-state index in [9.17, 15) is 14.9 Å². The third-order valence-electron chi connectivity index (χ3n) is 5.40. The monoisotopic (exact) mass is 391 g/mol. The van der Waals surface area contributed by atoms with Crippen molar-refractivity contribution in [2.75, 3.05) is 18.9 Å². The summed E-state index contributed by atoms with van der Waals surface area (Å²) >= 11 is 12.3. The minimum absolute atomic E-state index is 0.328. The lowest BCUT2D eigenvalue weighted by molar-refractivity contribution is -0.534. The van der Waals surface area contributed by atoms with Crippen molar-refractivity contribution in [3.63, 3.8) is 0 Å². The number of nitro groups is 1. The highest BCUT2D eigenvalue weighted by molar-refractivity contribution is 6.35. The maximum Gasteiger partial charge on any atom is 0.256 e. The van der Waals surface area contributed by atoms with Crippen LogP contribution in [0.4, 0.5) is 5.69 Å². The van der Waals surface area contributed by atoms with Crippen molar-refractivity contribution in [3.8, 4) is 0 Å². The highest BCUT2D eigenvalue weighted by Gasteiger charge is 2.68. The number of fused-ring (bicyclic) bond motifs is 2. The molecule has 1 amide bonds. The van der Waals surface area contributed by atoms with Crippen LogP contribution >= 0.6 is 23.2 Å². The number of carbonyl (C=O) groups excluding carboxylic acids is 1. The molecule has 0 radical (unpaired) electrons. The van der Waals surface area contributed by atoms with Gasteiger partial charge in [0.15, 0.2) is 5.54 Å². The lowest BCUT2D eigenvalue weighted by Gasteiger charge is -2.30. The average Bonchev–Trinajstić information content (AvgIpc) is 3.04. The third-order valence-corrected chi connectivity index (χ3v) is 5.97. The molecule has 2 aromatic rings. The van der Waals surface area contributed by atoms with Crippen molar-refractivity contribution >= 4 is 34.8 Å². The SMILES string of the molecule is CN1C[C@H](c2ccc(Cl)cc2Cl)[C@H]([N+](=O)[O-])[C@@]12C(=O)Nc1ccccc12. The second kappa shape index (κ2) is 5.94. The molecule has 2 aromatic carbocycles. The summed E-state index contributed by atoms with van der Waals surface area (Å²) in [6, 6.07) is 10.9. The van der Waals surface area contributed by atoms with Crippen molar-refractivity contribution in [3.05, 3.63) is 73.8 Å². The third kappa shape index (κ3) is 2.19. The second-order valence-electron chi connectivity index (χ2n) is 6.65. The highest BCUT2D eigenvalue weighted by atomic mass is 35.5. The molecule has 2 aliphatic rings. The number of rotatable bonds is 2. The number of amides is 1. The van der Waals surface area contributed by atoms with Crippen LogP contribution in [0.25, 0.3) is 0 Å².